The van der Waals surface area contributed by atoms with Crippen LogP contribution in [0.2, 0.25) is 0 Å². The predicted molar refractivity (Wildman–Crippen MR) is 59.9 cm³/mol. The van der Waals surface area contributed by atoms with E-state index < -0.39 is 20.3 Å². The molecule has 7 heteroatoms. The molecule has 0 spiro atoms. The fourth-order valence-electron chi connectivity index (χ4n) is 0.992. The summed E-state index contributed by atoms with van der Waals surface area (Å²) in [5.41, 5.74) is 0.401. The molecule has 0 radical (unpaired) electrons. The first-order chi connectivity index (χ1) is 7.85. The lowest BCUT2D eigenvalue weighted by Crippen LogP contribution is -2.17. The smallest absolute Gasteiger partial charge is 0.312 e. The van der Waals surface area contributed by atoms with Crippen molar-refractivity contribution in [3.05, 3.63) is 42.7 Å². The van der Waals surface area contributed by atoms with E-state index in [-0.39, 0.29) is 0 Å². The highest BCUT2D eigenvalue weighted by molar-refractivity contribution is 7.63. The van der Waals surface area contributed by atoms with Crippen LogP contribution in [0.4, 0.5) is 18.9 Å². The molecule has 3 nitrogen and oxygen atoms in total. The van der Waals surface area contributed by atoms with Crippen molar-refractivity contribution >= 4 is 13.2 Å². The lowest BCUT2D eigenvalue weighted by Gasteiger charge is -2.17. The maximum atomic E-state index is 12.0. The molecule has 1 unspecified atom stereocenters. The molecule has 0 aliphatic rings. The number of para-hydroxylation sites is 1. The van der Waals surface area contributed by atoms with Gasteiger partial charge in [0.15, 0.2) is 6.61 Å². The van der Waals surface area contributed by atoms with Crippen molar-refractivity contribution in [2.45, 2.75) is 6.18 Å². The second-order valence-corrected chi connectivity index (χ2v) is 5.19. The van der Waals surface area contributed by atoms with Crippen molar-refractivity contribution in [3.8, 4) is 0 Å². The highest BCUT2D eigenvalue weighted by Gasteiger charge is 2.32. The molecule has 1 N–H and O–H groups in total. The van der Waals surface area contributed by atoms with E-state index in [9.17, 15) is 17.7 Å². The SMILES string of the molecule is C=CP(=O)(Nc1ccccc1)OCC(F)(F)F. The van der Waals surface area contributed by atoms with E-state index in [2.05, 4.69) is 16.2 Å². The zero-order valence-electron chi connectivity index (χ0n) is 8.78. The summed E-state index contributed by atoms with van der Waals surface area (Å²) in [7, 11) is -3.72. The molecule has 1 rings (SSSR count). The molecule has 0 aliphatic carbocycles. The molecule has 0 fully saturated rings. The summed E-state index contributed by atoms with van der Waals surface area (Å²) in [5.74, 6) is 0.853. The molecular weight excluding hydrogens is 254 g/mol. The summed E-state index contributed by atoms with van der Waals surface area (Å²) >= 11 is 0. The Morgan fingerprint density at radius 2 is 1.94 bits per heavy atom. The van der Waals surface area contributed by atoms with Gasteiger partial charge in [-0.05, 0) is 12.1 Å². The van der Waals surface area contributed by atoms with Crippen LogP contribution >= 0.6 is 7.52 Å². The zero-order valence-corrected chi connectivity index (χ0v) is 9.67. The summed E-state index contributed by atoms with van der Waals surface area (Å²) in [6, 6.07) is 8.15. The molecule has 1 aromatic carbocycles. The fourth-order valence-corrected chi connectivity index (χ4v) is 2.10. The fraction of sp³-hybridized carbons (Fsp3) is 0.200. The van der Waals surface area contributed by atoms with E-state index in [1.807, 2.05) is 0 Å². The lowest BCUT2D eigenvalue weighted by atomic mass is 10.3. The van der Waals surface area contributed by atoms with Crippen molar-refractivity contribution in [2.75, 3.05) is 11.7 Å². The Morgan fingerprint density at radius 1 is 1.35 bits per heavy atom. The van der Waals surface area contributed by atoms with Crippen molar-refractivity contribution in [1.29, 1.82) is 0 Å². The molecule has 0 amide bonds. The summed E-state index contributed by atoms with van der Waals surface area (Å²) < 4.78 is 52.1. The van der Waals surface area contributed by atoms with Gasteiger partial charge in [-0.25, -0.2) is 0 Å². The maximum Gasteiger partial charge on any atom is 0.412 e. The van der Waals surface area contributed by atoms with Crippen LogP contribution in [0.3, 0.4) is 0 Å². The van der Waals surface area contributed by atoms with E-state index in [0.717, 1.165) is 5.82 Å². The van der Waals surface area contributed by atoms with E-state index in [4.69, 9.17) is 0 Å². The van der Waals surface area contributed by atoms with E-state index in [0.29, 0.717) is 5.69 Å². The van der Waals surface area contributed by atoms with Gasteiger partial charge in [0.05, 0.1) is 0 Å². The highest BCUT2D eigenvalue weighted by atomic mass is 31.2. The maximum absolute atomic E-state index is 12.0. The minimum absolute atomic E-state index is 0.401. The van der Waals surface area contributed by atoms with E-state index in [1.165, 1.54) is 0 Å². The van der Waals surface area contributed by atoms with Crippen LogP contribution in [0.25, 0.3) is 0 Å². The van der Waals surface area contributed by atoms with Crippen LogP contribution in [0.15, 0.2) is 42.7 Å². The number of benzene rings is 1. The number of rotatable bonds is 5. The Bertz CT molecular complexity index is 419. The van der Waals surface area contributed by atoms with Gasteiger partial charge in [-0.2, -0.15) is 13.2 Å². The Hall–Kier alpha value is -1.26. The average Bonchev–Trinajstić information content (AvgIpc) is 2.27. The molecule has 0 saturated heterocycles. The minimum Gasteiger partial charge on any atom is -0.312 e. The quantitative estimate of drug-likeness (QED) is 0.817. The molecule has 0 bridgehead atoms. The molecule has 1 aromatic rings. The van der Waals surface area contributed by atoms with Crippen molar-refractivity contribution in [3.63, 3.8) is 0 Å². The lowest BCUT2D eigenvalue weighted by molar-refractivity contribution is -0.152. The third-order valence-electron chi connectivity index (χ3n) is 1.72. The largest absolute Gasteiger partial charge is 0.412 e. The van der Waals surface area contributed by atoms with Crippen molar-refractivity contribution in [1.82, 2.24) is 0 Å². The van der Waals surface area contributed by atoms with Gasteiger partial charge in [-0.1, -0.05) is 24.8 Å². The summed E-state index contributed by atoms with van der Waals surface area (Å²) in [6.07, 6.45) is -4.53. The third-order valence-corrected chi connectivity index (χ3v) is 3.28. The van der Waals surface area contributed by atoms with Gasteiger partial charge >= 0.3 is 13.7 Å². The van der Waals surface area contributed by atoms with Crippen LogP contribution in [0, 0.1) is 0 Å². The molecule has 94 valence electrons. The molecule has 0 aliphatic heterocycles. The van der Waals surface area contributed by atoms with Crippen LogP contribution in [-0.2, 0) is 9.09 Å². The summed E-state index contributed by atoms with van der Waals surface area (Å²) in [5, 5.41) is 2.39. The average molecular weight is 265 g/mol. The summed E-state index contributed by atoms with van der Waals surface area (Å²) in [6.45, 7) is 1.62. The predicted octanol–water partition coefficient (Wildman–Crippen LogP) is 4.01. The van der Waals surface area contributed by atoms with Gasteiger partial charge in [0.1, 0.15) is 0 Å². The number of hydrogen-bond donors (Lipinski definition) is 1. The van der Waals surface area contributed by atoms with Gasteiger partial charge in [0.2, 0.25) is 0 Å². The first kappa shape index (κ1) is 13.8. The van der Waals surface area contributed by atoms with Crippen molar-refractivity contribution < 1.29 is 22.3 Å². The number of hydrogen-bond acceptors (Lipinski definition) is 2. The normalized spacial score (nSPS) is 15.0. The number of halogens is 3. The molecule has 0 aromatic heterocycles. The van der Waals surface area contributed by atoms with Crippen LogP contribution < -0.4 is 5.09 Å². The first-order valence-electron chi connectivity index (χ1n) is 4.63. The molecule has 17 heavy (non-hydrogen) atoms. The monoisotopic (exact) mass is 265 g/mol. The van der Waals surface area contributed by atoms with Crippen LogP contribution in [-0.4, -0.2) is 12.8 Å². The third kappa shape index (κ3) is 5.06. The first-order valence-corrected chi connectivity index (χ1v) is 6.32. The molecule has 0 heterocycles. The van der Waals surface area contributed by atoms with Gasteiger partial charge in [0.25, 0.3) is 0 Å². The van der Waals surface area contributed by atoms with Gasteiger partial charge in [-0.15, -0.1) is 0 Å². The molecule has 1 atom stereocenters. The Labute approximate surface area is 96.8 Å². The van der Waals surface area contributed by atoms with Gasteiger partial charge in [0, 0.05) is 11.5 Å². The minimum atomic E-state index is -4.53. The van der Waals surface area contributed by atoms with Gasteiger partial charge in [-0.3, -0.25) is 4.57 Å². The van der Waals surface area contributed by atoms with Crippen molar-refractivity contribution in [2.24, 2.45) is 0 Å². The number of nitrogens with one attached hydrogen (secondary N) is 1. The molecule has 0 saturated carbocycles. The van der Waals surface area contributed by atoms with Gasteiger partial charge < -0.3 is 9.61 Å². The number of alkyl halides is 3. The Morgan fingerprint density at radius 3 is 2.41 bits per heavy atom. The molecular formula is C10H11F3NO2P. The highest BCUT2D eigenvalue weighted by Crippen LogP contribution is 2.48. The van der Waals surface area contributed by atoms with Crippen LogP contribution in [0.5, 0.6) is 0 Å². The Kier molecular flexibility index (Phi) is 4.37. The zero-order chi connectivity index (χ0) is 12.9. The topological polar surface area (TPSA) is 38.3 Å². The second kappa shape index (κ2) is 5.38. The van der Waals surface area contributed by atoms with E-state index >= 15 is 0 Å². The standard InChI is InChI=1S/C10H11F3NO2P/c1-2-17(15,16-8-10(11,12)13)14-9-6-4-3-5-7-9/h2-7H,1,8H2,(H,14,15). The second-order valence-electron chi connectivity index (χ2n) is 3.15. The van der Waals surface area contributed by atoms with Crippen LogP contribution in [0.1, 0.15) is 0 Å². The summed E-state index contributed by atoms with van der Waals surface area (Å²) in [4.78, 5) is 0. The number of anilines is 1. The Balaban J connectivity index is 2.70. The van der Waals surface area contributed by atoms with E-state index in [1.54, 1.807) is 30.3 Å².